The van der Waals surface area contributed by atoms with Crippen LogP contribution in [0.1, 0.15) is 46.0 Å². The first-order chi connectivity index (χ1) is 10.5. The van der Waals surface area contributed by atoms with E-state index in [1.165, 1.54) is 0 Å². The molecule has 2 rings (SSSR count). The molecule has 1 saturated heterocycles. The second kappa shape index (κ2) is 7.80. The van der Waals surface area contributed by atoms with Crippen molar-refractivity contribution in [3.8, 4) is 0 Å². The molecule has 0 radical (unpaired) electrons. The van der Waals surface area contributed by atoms with Gasteiger partial charge >= 0.3 is 0 Å². The summed E-state index contributed by atoms with van der Waals surface area (Å²) in [6.45, 7) is 4.56. The second-order valence-electron chi connectivity index (χ2n) is 6.56. The van der Waals surface area contributed by atoms with Crippen molar-refractivity contribution < 1.29 is 14.6 Å². The van der Waals surface area contributed by atoms with E-state index in [0.717, 1.165) is 25.7 Å². The predicted molar refractivity (Wildman–Crippen MR) is 87.9 cm³/mol. The van der Waals surface area contributed by atoms with Gasteiger partial charge in [-0.05, 0) is 39.0 Å². The third-order valence-corrected chi connectivity index (χ3v) is 5.23. The van der Waals surface area contributed by atoms with Crippen LogP contribution in [0.5, 0.6) is 0 Å². The maximum Gasteiger partial charge on any atom is 0.226 e. The number of aliphatic hydroxyl groups excluding tert-OH is 1. The van der Waals surface area contributed by atoms with E-state index in [4.69, 9.17) is 16.3 Å². The Morgan fingerprint density at radius 2 is 2.36 bits per heavy atom. The maximum absolute atomic E-state index is 12.4. The minimum atomic E-state index is -0.702. The lowest BCUT2D eigenvalue weighted by Crippen LogP contribution is -2.54. The van der Waals surface area contributed by atoms with Crippen molar-refractivity contribution in [2.45, 2.75) is 63.7 Å². The average Bonchev–Trinajstić information content (AvgIpc) is 2.78. The number of nitrogens with one attached hydrogen (secondary N) is 1. The highest BCUT2D eigenvalue weighted by molar-refractivity contribution is 6.18. The van der Waals surface area contributed by atoms with Crippen molar-refractivity contribution in [1.82, 2.24) is 5.32 Å². The van der Waals surface area contributed by atoms with Gasteiger partial charge in [0.15, 0.2) is 0 Å². The van der Waals surface area contributed by atoms with Crippen LogP contribution in [0.15, 0.2) is 12.2 Å². The zero-order chi connectivity index (χ0) is 16.2. The molecular weight excluding hydrogens is 302 g/mol. The largest absolute Gasteiger partial charge is 0.390 e. The molecule has 5 atom stereocenters. The number of aliphatic hydroxyl groups is 1. The van der Waals surface area contributed by atoms with Gasteiger partial charge in [0.25, 0.3) is 0 Å². The van der Waals surface area contributed by atoms with Gasteiger partial charge in [0.05, 0.1) is 23.7 Å². The number of rotatable bonds is 7. The van der Waals surface area contributed by atoms with Gasteiger partial charge in [-0.2, -0.15) is 0 Å². The Kier molecular flexibility index (Phi) is 6.30. The van der Waals surface area contributed by atoms with Crippen molar-refractivity contribution in [2.75, 3.05) is 12.5 Å². The average molecular weight is 330 g/mol. The topological polar surface area (TPSA) is 58.6 Å². The molecule has 0 saturated carbocycles. The van der Waals surface area contributed by atoms with E-state index < -0.39 is 11.7 Å². The number of alkyl halides is 1. The van der Waals surface area contributed by atoms with Gasteiger partial charge in [-0.1, -0.05) is 19.1 Å². The Bertz CT molecular complexity index is 415. The van der Waals surface area contributed by atoms with Crippen LogP contribution < -0.4 is 5.32 Å². The second-order valence-corrected chi connectivity index (χ2v) is 6.94. The molecule has 1 fully saturated rings. The van der Waals surface area contributed by atoms with Gasteiger partial charge < -0.3 is 15.2 Å². The summed E-state index contributed by atoms with van der Waals surface area (Å²) in [6, 6.07) is -0.382. The summed E-state index contributed by atoms with van der Waals surface area (Å²) in [6.07, 6.45) is 8.12. The van der Waals surface area contributed by atoms with Crippen LogP contribution in [0.3, 0.4) is 0 Å². The summed E-state index contributed by atoms with van der Waals surface area (Å²) >= 11 is 5.87. The molecule has 0 spiro atoms. The number of carbonyl (C=O) groups is 1. The molecule has 0 bridgehead atoms. The third-order valence-electron chi connectivity index (χ3n) is 5.01. The third kappa shape index (κ3) is 3.50. The molecule has 0 aromatic heterocycles. The van der Waals surface area contributed by atoms with Crippen molar-refractivity contribution in [3.63, 3.8) is 0 Å². The highest BCUT2D eigenvalue weighted by Gasteiger charge is 2.55. The first-order valence-corrected chi connectivity index (χ1v) is 8.93. The number of hydrogen-bond donors (Lipinski definition) is 2. The summed E-state index contributed by atoms with van der Waals surface area (Å²) in [5, 5.41) is 13.8. The van der Waals surface area contributed by atoms with Gasteiger partial charge in [-0.15, -0.1) is 11.6 Å². The SMILES string of the molecule is CCCO[C@]1(C)[C@@H]([C@@H](O)[C@@H]2C=CCCC2)NC(=O)[C@@H]1CCCl. The molecule has 126 valence electrons. The van der Waals surface area contributed by atoms with E-state index in [1.54, 1.807) is 0 Å². The molecule has 2 N–H and O–H groups in total. The minimum absolute atomic E-state index is 0.0527. The molecule has 4 nitrogen and oxygen atoms in total. The molecule has 1 amide bonds. The predicted octanol–water partition coefficient (Wildman–Crippen LogP) is 2.63. The van der Waals surface area contributed by atoms with Gasteiger partial charge in [0.1, 0.15) is 0 Å². The van der Waals surface area contributed by atoms with Crippen LogP contribution in [-0.2, 0) is 9.53 Å². The van der Waals surface area contributed by atoms with Crippen LogP contribution in [0.25, 0.3) is 0 Å². The first kappa shape index (κ1) is 17.8. The number of hydrogen-bond acceptors (Lipinski definition) is 3. The number of halogens is 1. The van der Waals surface area contributed by atoms with Gasteiger partial charge in [0, 0.05) is 18.4 Å². The molecule has 0 aromatic carbocycles. The van der Waals surface area contributed by atoms with Gasteiger partial charge in [0.2, 0.25) is 5.91 Å². The van der Waals surface area contributed by atoms with Crippen molar-refractivity contribution in [3.05, 3.63) is 12.2 Å². The normalized spacial score (nSPS) is 36.4. The van der Waals surface area contributed by atoms with Crippen LogP contribution in [0.2, 0.25) is 0 Å². The van der Waals surface area contributed by atoms with Crippen molar-refractivity contribution in [1.29, 1.82) is 0 Å². The van der Waals surface area contributed by atoms with Gasteiger partial charge in [-0.3, -0.25) is 4.79 Å². The monoisotopic (exact) mass is 329 g/mol. The number of amides is 1. The van der Waals surface area contributed by atoms with Crippen molar-refractivity contribution in [2.24, 2.45) is 11.8 Å². The lowest BCUT2D eigenvalue weighted by Gasteiger charge is -2.39. The highest BCUT2D eigenvalue weighted by atomic mass is 35.5. The highest BCUT2D eigenvalue weighted by Crippen LogP contribution is 2.39. The number of allylic oxidation sites excluding steroid dienone is 1. The minimum Gasteiger partial charge on any atom is -0.390 e. The Labute approximate surface area is 138 Å². The zero-order valence-corrected chi connectivity index (χ0v) is 14.3. The van der Waals surface area contributed by atoms with Crippen molar-refractivity contribution >= 4 is 17.5 Å². The standard InChI is InChI=1S/C17H28ClNO3/c1-3-11-22-17(2)13(9-10-18)16(21)19-15(17)14(20)12-7-5-4-6-8-12/h5,7,12-15,20H,3-4,6,8-11H2,1-2H3,(H,19,21)/t12-,13+,14+,15-,17+/m1/s1. The van der Waals surface area contributed by atoms with Crippen LogP contribution >= 0.6 is 11.6 Å². The zero-order valence-electron chi connectivity index (χ0n) is 13.6. The molecule has 0 unspecified atom stereocenters. The fraction of sp³-hybridized carbons (Fsp3) is 0.824. The van der Waals surface area contributed by atoms with E-state index in [2.05, 4.69) is 17.5 Å². The van der Waals surface area contributed by atoms with E-state index in [-0.39, 0.29) is 23.8 Å². The Morgan fingerprint density at radius 1 is 1.59 bits per heavy atom. The van der Waals surface area contributed by atoms with E-state index in [9.17, 15) is 9.90 Å². The Balaban J connectivity index is 2.21. The molecular formula is C17H28ClNO3. The number of ether oxygens (including phenoxy) is 1. The molecule has 2 aliphatic rings. The molecule has 0 aromatic rings. The molecule has 1 heterocycles. The smallest absolute Gasteiger partial charge is 0.226 e. The molecule has 1 aliphatic heterocycles. The number of carbonyl (C=O) groups excluding carboxylic acids is 1. The Morgan fingerprint density at radius 3 is 2.95 bits per heavy atom. The molecule has 22 heavy (non-hydrogen) atoms. The molecule has 1 aliphatic carbocycles. The van der Waals surface area contributed by atoms with E-state index >= 15 is 0 Å². The fourth-order valence-corrected chi connectivity index (χ4v) is 3.93. The summed E-state index contributed by atoms with van der Waals surface area (Å²) in [7, 11) is 0. The van der Waals surface area contributed by atoms with Crippen LogP contribution in [0.4, 0.5) is 0 Å². The summed E-state index contributed by atoms with van der Waals surface area (Å²) in [4.78, 5) is 12.4. The van der Waals surface area contributed by atoms with E-state index in [0.29, 0.717) is 18.9 Å². The van der Waals surface area contributed by atoms with Crippen LogP contribution in [-0.4, -0.2) is 41.2 Å². The van der Waals surface area contributed by atoms with E-state index in [1.807, 2.05) is 13.8 Å². The lowest BCUT2D eigenvalue weighted by molar-refractivity contribution is -0.129. The van der Waals surface area contributed by atoms with Crippen LogP contribution in [0, 0.1) is 11.8 Å². The maximum atomic E-state index is 12.4. The summed E-state index contributed by atoms with van der Waals surface area (Å²) in [5.74, 6) is 0.139. The molecule has 5 heteroatoms. The van der Waals surface area contributed by atoms with Gasteiger partial charge in [-0.25, -0.2) is 0 Å². The first-order valence-electron chi connectivity index (χ1n) is 8.39. The fourth-order valence-electron chi connectivity index (χ4n) is 3.71. The lowest BCUT2D eigenvalue weighted by atomic mass is 9.77. The summed E-state index contributed by atoms with van der Waals surface area (Å²) < 4.78 is 6.07. The Hall–Kier alpha value is -0.580. The summed E-state index contributed by atoms with van der Waals surface area (Å²) in [5.41, 5.74) is -0.702. The quantitative estimate of drug-likeness (QED) is 0.557.